The Morgan fingerprint density at radius 1 is 1.17 bits per heavy atom. The molecule has 1 N–H and O–H groups in total. The van der Waals surface area contributed by atoms with Gasteiger partial charge < -0.3 is 9.41 Å². The molecular weight excluding hydrogens is 238 g/mol. The standard InChI is InChI=1S/C15H23NOSi/c1-15(2,3)14(17-18(4)5)12-6-7-13-11(10-12)8-9-16-13/h6-10,14,16,18H,1-5H3. The quantitative estimate of drug-likeness (QED) is 0.821. The minimum Gasteiger partial charge on any atom is -0.413 e. The molecule has 0 radical (unpaired) electrons. The van der Waals surface area contributed by atoms with Crippen LogP contribution >= 0.6 is 0 Å². The fraction of sp³-hybridized carbons (Fsp3) is 0.467. The summed E-state index contributed by atoms with van der Waals surface area (Å²) in [5.41, 5.74) is 2.60. The van der Waals surface area contributed by atoms with Crippen molar-refractivity contribution in [2.45, 2.75) is 40.0 Å². The third-order valence-corrected chi connectivity index (χ3v) is 3.89. The van der Waals surface area contributed by atoms with Crippen LogP contribution in [0.25, 0.3) is 10.9 Å². The fourth-order valence-electron chi connectivity index (χ4n) is 2.29. The van der Waals surface area contributed by atoms with Gasteiger partial charge in [0, 0.05) is 11.7 Å². The van der Waals surface area contributed by atoms with Crippen LogP contribution in [0, 0.1) is 5.41 Å². The van der Waals surface area contributed by atoms with E-state index in [0.29, 0.717) is 0 Å². The highest BCUT2D eigenvalue weighted by Gasteiger charge is 2.28. The molecule has 0 spiro atoms. The van der Waals surface area contributed by atoms with Crippen molar-refractivity contribution in [3.8, 4) is 0 Å². The van der Waals surface area contributed by atoms with E-state index in [0.717, 1.165) is 0 Å². The predicted molar refractivity (Wildman–Crippen MR) is 80.5 cm³/mol. The summed E-state index contributed by atoms with van der Waals surface area (Å²) in [6.07, 6.45) is 2.17. The van der Waals surface area contributed by atoms with Crippen LogP contribution in [0.2, 0.25) is 13.1 Å². The molecule has 1 aromatic heterocycles. The monoisotopic (exact) mass is 261 g/mol. The molecule has 0 saturated heterocycles. The Labute approximate surface area is 111 Å². The number of nitrogens with one attached hydrogen (secondary N) is 1. The van der Waals surface area contributed by atoms with Crippen molar-refractivity contribution in [3.05, 3.63) is 36.0 Å². The zero-order valence-corrected chi connectivity index (χ0v) is 13.1. The first-order valence-corrected chi connectivity index (χ1v) is 9.38. The molecule has 0 aliphatic carbocycles. The van der Waals surface area contributed by atoms with Gasteiger partial charge in [-0.05, 0) is 47.7 Å². The summed E-state index contributed by atoms with van der Waals surface area (Å²) >= 11 is 0. The lowest BCUT2D eigenvalue weighted by molar-refractivity contribution is 0.0867. The zero-order chi connectivity index (χ0) is 13.3. The Morgan fingerprint density at radius 3 is 2.50 bits per heavy atom. The largest absolute Gasteiger partial charge is 0.413 e. The normalized spacial score (nSPS) is 14.3. The predicted octanol–water partition coefficient (Wildman–Crippen LogP) is 4.26. The van der Waals surface area contributed by atoms with Gasteiger partial charge in [0.1, 0.15) is 0 Å². The van der Waals surface area contributed by atoms with E-state index in [1.165, 1.54) is 16.5 Å². The van der Waals surface area contributed by atoms with Crippen LogP contribution in [0.3, 0.4) is 0 Å². The topological polar surface area (TPSA) is 25.0 Å². The van der Waals surface area contributed by atoms with Crippen LogP contribution in [0.4, 0.5) is 0 Å². The van der Waals surface area contributed by atoms with Crippen LogP contribution < -0.4 is 0 Å². The molecule has 2 nitrogen and oxygen atoms in total. The summed E-state index contributed by atoms with van der Waals surface area (Å²) in [7, 11) is -1.05. The maximum Gasteiger partial charge on any atom is 0.171 e. The lowest BCUT2D eigenvalue weighted by Gasteiger charge is -2.33. The van der Waals surface area contributed by atoms with Gasteiger partial charge >= 0.3 is 0 Å². The number of rotatable bonds is 3. The van der Waals surface area contributed by atoms with E-state index in [2.05, 4.69) is 63.1 Å². The molecule has 0 aliphatic heterocycles. The van der Waals surface area contributed by atoms with E-state index < -0.39 is 9.04 Å². The van der Waals surface area contributed by atoms with Crippen LogP contribution in [0.15, 0.2) is 30.5 Å². The van der Waals surface area contributed by atoms with Crippen LogP contribution in [-0.2, 0) is 4.43 Å². The molecule has 1 aromatic carbocycles. The molecule has 98 valence electrons. The second-order valence-corrected chi connectivity index (χ2v) is 8.62. The molecule has 2 rings (SSSR count). The Morgan fingerprint density at radius 2 is 1.89 bits per heavy atom. The third kappa shape index (κ3) is 2.84. The molecule has 1 heterocycles. The average molecular weight is 261 g/mol. The smallest absolute Gasteiger partial charge is 0.171 e. The molecule has 0 amide bonds. The summed E-state index contributed by atoms with van der Waals surface area (Å²) in [6.45, 7) is 11.2. The van der Waals surface area contributed by atoms with Crippen molar-refractivity contribution >= 4 is 19.9 Å². The summed E-state index contributed by atoms with van der Waals surface area (Å²) in [6, 6.07) is 8.70. The Kier molecular flexibility index (Phi) is 3.64. The minimum atomic E-state index is -1.05. The van der Waals surface area contributed by atoms with E-state index in [4.69, 9.17) is 4.43 Å². The van der Waals surface area contributed by atoms with Crippen molar-refractivity contribution in [2.24, 2.45) is 5.41 Å². The van der Waals surface area contributed by atoms with Gasteiger partial charge in [0.05, 0.1) is 6.10 Å². The second-order valence-electron chi connectivity index (χ2n) is 6.26. The van der Waals surface area contributed by atoms with Crippen molar-refractivity contribution in [1.82, 2.24) is 4.98 Å². The second kappa shape index (κ2) is 4.90. The summed E-state index contributed by atoms with van der Waals surface area (Å²) < 4.78 is 6.25. The van der Waals surface area contributed by atoms with Gasteiger partial charge in [0.2, 0.25) is 0 Å². The molecule has 0 bridgehead atoms. The minimum absolute atomic E-state index is 0.126. The highest BCUT2D eigenvalue weighted by atomic mass is 28.3. The van der Waals surface area contributed by atoms with Crippen LogP contribution in [0.5, 0.6) is 0 Å². The maximum atomic E-state index is 6.25. The number of aromatic amines is 1. The number of aromatic nitrogens is 1. The summed E-state index contributed by atoms with van der Waals surface area (Å²) in [5.74, 6) is 0. The van der Waals surface area contributed by atoms with Crippen LogP contribution in [-0.4, -0.2) is 14.0 Å². The molecule has 0 saturated carbocycles. The molecule has 1 atom stereocenters. The Bertz CT molecular complexity index is 525. The van der Waals surface area contributed by atoms with Gasteiger partial charge in [-0.2, -0.15) is 0 Å². The SMILES string of the molecule is C[SiH](C)OC(c1ccc2[nH]ccc2c1)C(C)(C)C. The first kappa shape index (κ1) is 13.4. The summed E-state index contributed by atoms with van der Waals surface area (Å²) in [5, 5.41) is 1.26. The lowest BCUT2D eigenvalue weighted by Crippen LogP contribution is -2.25. The van der Waals surface area contributed by atoms with Gasteiger partial charge in [-0.25, -0.2) is 0 Å². The molecule has 18 heavy (non-hydrogen) atoms. The van der Waals surface area contributed by atoms with Crippen molar-refractivity contribution in [3.63, 3.8) is 0 Å². The van der Waals surface area contributed by atoms with E-state index >= 15 is 0 Å². The maximum absolute atomic E-state index is 6.25. The van der Waals surface area contributed by atoms with Crippen molar-refractivity contribution < 1.29 is 4.43 Å². The van der Waals surface area contributed by atoms with Gasteiger partial charge in [0.15, 0.2) is 9.04 Å². The third-order valence-electron chi connectivity index (χ3n) is 3.07. The average Bonchev–Trinajstić information content (AvgIpc) is 2.70. The molecule has 0 fully saturated rings. The molecule has 1 unspecified atom stereocenters. The first-order valence-electron chi connectivity index (χ1n) is 6.60. The summed E-state index contributed by atoms with van der Waals surface area (Å²) in [4.78, 5) is 3.23. The Balaban J connectivity index is 2.40. The number of benzene rings is 1. The lowest BCUT2D eigenvalue weighted by atomic mass is 9.84. The van der Waals surface area contributed by atoms with Gasteiger partial charge in [0.25, 0.3) is 0 Å². The van der Waals surface area contributed by atoms with Gasteiger partial charge in [-0.1, -0.05) is 26.8 Å². The van der Waals surface area contributed by atoms with Crippen molar-refractivity contribution in [2.75, 3.05) is 0 Å². The number of hydrogen-bond acceptors (Lipinski definition) is 1. The fourth-order valence-corrected chi connectivity index (χ4v) is 3.40. The molecule has 0 aliphatic rings. The zero-order valence-electron chi connectivity index (χ0n) is 11.9. The van der Waals surface area contributed by atoms with E-state index in [1.807, 2.05) is 6.20 Å². The first-order chi connectivity index (χ1) is 8.38. The van der Waals surface area contributed by atoms with E-state index in [-0.39, 0.29) is 11.5 Å². The highest BCUT2D eigenvalue weighted by molar-refractivity contribution is 6.48. The van der Waals surface area contributed by atoms with Gasteiger partial charge in [-0.15, -0.1) is 0 Å². The highest BCUT2D eigenvalue weighted by Crippen LogP contribution is 2.37. The number of hydrogen-bond donors (Lipinski definition) is 1. The van der Waals surface area contributed by atoms with E-state index in [1.54, 1.807) is 0 Å². The molecule has 2 aromatic rings. The molecular formula is C15H23NOSi. The van der Waals surface area contributed by atoms with E-state index in [9.17, 15) is 0 Å². The molecule has 3 heteroatoms. The van der Waals surface area contributed by atoms with Crippen molar-refractivity contribution in [1.29, 1.82) is 0 Å². The Hall–Kier alpha value is -1.06. The van der Waals surface area contributed by atoms with Gasteiger partial charge in [-0.3, -0.25) is 0 Å². The van der Waals surface area contributed by atoms with Crippen LogP contribution in [0.1, 0.15) is 32.4 Å². The number of fused-ring (bicyclic) bond motifs is 1. The number of H-pyrrole nitrogens is 1.